The van der Waals surface area contributed by atoms with Gasteiger partial charge in [-0.3, -0.25) is 4.68 Å². The zero-order chi connectivity index (χ0) is 25.6. The number of piperazine rings is 1. The maximum atomic E-state index is 5.52. The Hall–Kier alpha value is -4.16. The molecule has 196 valence electrons. The maximum absolute atomic E-state index is 5.52. The maximum Gasteiger partial charge on any atom is 0.232 e. The predicted octanol–water partition coefficient (Wildman–Crippen LogP) is 1.51. The number of rotatable bonds is 8. The van der Waals surface area contributed by atoms with Crippen LogP contribution in [-0.2, 0) is 17.7 Å². The normalized spacial score (nSPS) is 17.9. The number of hydrogen-bond donors (Lipinski definition) is 2. The number of nitrogens with zero attached hydrogens (tertiary/aromatic N) is 9. The Morgan fingerprint density at radius 3 is 2.45 bits per heavy atom. The number of nitrogens with one attached hydrogen (secondary N) is 2. The van der Waals surface area contributed by atoms with E-state index >= 15 is 0 Å². The molecule has 12 nitrogen and oxygen atoms in total. The lowest BCUT2D eigenvalue weighted by Gasteiger charge is -2.34. The van der Waals surface area contributed by atoms with Crippen LogP contribution in [0.3, 0.4) is 0 Å². The van der Waals surface area contributed by atoms with Crippen molar-refractivity contribution in [2.24, 2.45) is 0 Å². The summed E-state index contributed by atoms with van der Waals surface area (Å²) >= 11 is 0. The van der Waals surface area contributed by atoms with Gasteiger partial charge in [0.05, 0.1) is 37.7 Å². The van der Waals surface area contributed by atoms with Gasteiger partial charge in [-0.25, -0.2) is 19.9 Å². The quantitative estimate of drug-likeness (QED) is 0.356. The standard InChI is InChI=1S/C26H31N11O/c1-2-4-20(5-3-1)12-21-13-28-25(29-14-21)35-7-9-36(10-8-35)26-31-19-30-24(34-26)33-22-15-32-37(16-22)17-23-18-38-11-6-27-23/h1-5,13-16,19,23,27H,6-12,17-18H2,(H,30,31,33,34)/t23-/m1/s1. The Balaban J connectivity index is 1.02. The minimum Gasteiger partial charge on any atom is -0.378 e. The summed E-state index contributed by atoms with van der Waals surface area (Å²) in [6.07, 6.45) is 9.94. The number of ether oxygens (including phenoxy) is 1. The summed E-state index contributed by atoms with van der Waals surface area (Å²) in [5.74, 6) is 1.90. The first kappa shape index (κ1) is 24.2. The van der Waals surface area contributed by atoms with Crippen molar-refractivity contribution in [3.63, 3.8) is 0 Å². The highest BCUT2D eigenvalue weighted by Crippen LogP contribution is 2.18. The molecule has 2 fully saturated rings. The molecule has 1 atom stereocenters. The van der Waals surface area contributed by atoms with Crippen LogP contribution >= 0.6 is 0 Å². The second-order valence-corrected chi connectivity index (χ2v) is 9.44. The molecule has 38 heavy (non-hydrogen) atoms. The summed E-state index contributed by atoms with van der Waals surface area (Å²) in [5.41, 5.74) is 3.19. The van der Waals surface area contributed by atoms with Gasteiger partial charge in [0.15, 0.2) is 0 Å². The molecule has 6 rings (SSSR count). The van der Waals surface area contributed by atoms with Gasteiger partial charge in [0.25, 0.3) is 0 Å². The molecule has 5 heterocycles. The van der Waals surface area contributed by atoms with Crippen LogP contribution in [-0.4, -0.2) is 86.7 Å². The molecule has 2 aliphatic heterocycles. The smallest absolute Gasteiger partial charge is 0.232 e. The minimum absolute atomic E-state index is 0.261. The van der Waals surface area contributed by atoms with Gasteiger partial charge in [-0.05, 0) is 11.1 Å². The van der Waals surface area contributed by atoms with Crippen molar-refractivity contribution in [2.75, 3.05) is 61.1 Å². The van der Waals surface area contributed by atoms with Crippen molar-refractivity contribution in [3.8, 4) is 0 Å². The fourth-order valence-electron chi connectivity index (χ4n) is 4.66. The molecular formula is C26H31N11O. The van der Waals surface area contributed by atoms with E-state index in [1.54, 1.807) is 12.5 Å². The second kappa shape index (κ2) is 11.5. The topological polar surface area (TPSA) is 122 Å². The fourth-order valence-corrected chi connectivity index (χ4v) is 4.66. The van der Waals surface area contributed by atoms with Crippen molar-refractivity contribution in [1.82, 2.24) is 40.0 Å². The highest BCUT2D eigenvalue weighted by molar-refractivity contribution is 5.51. The first-order valence-electron chi connectivity index (χ1n) is 12.9. The number of benzene rings is 1. The summed E-state index contributed by atoms with van der Waals surface area (Å²) in [5, 5.41) is 11.1. The van der Waals surface area contributed by atoms with Gasteiger partial charge < -0.3 is 25.2 Å². The van der Waals surface area contributed by atoms with E-state index in [1.807, 2.05) is 29.3 Å². The molecule has 4 aromatic rings. The molecule has 12 heteroatoms. The zero-order valence-electron chi connectivity index (χ0n) is 21.1. The summed E-state index contributed by atoms with van der Waals surface area (Å²) in [4.78, 5) is 26.9. The van der Waals surface area contributed by atoms with Crippen LogP contribution in [0.5, 0.6) is 0 Å². The van der Waals surface area contributed by atoms with Gasteiger partial charge in [0, 0.05) is 57.7 Å². The van der Waals surface area contributed by atoms with E-state index in [-0.39, 0.29) is 6.04 Å². The Morgan fingerprint density at radius 1 is 0.895 bits per heavy atom. The van der Waals surface area contributed by atoms with Crippen LogP contribution < -0.4 is 20.4 Å². The van der Waals surface area contributed by atoms with E-state index in [1.165, 1.54) is 5.56 Å². The average molecular weight is 514 g/mol. The van der Waals surface area contributed by atoms with Crippen LogP contribution in [0.4, 0.5) is 23.5 Å². The van der Waals surface area contributed by atoms with Gasteiger partial charge >= 0.3 is 0 Å². The monoisotopic (exact) mass is 513 g/mol. The molecule has 2 saturated heterocycles. The van der Waals surface area contributed by atoms with E-state index in [0.717, 1.165) is 69.5 Å². The second-order valence-electron chi connectivity index (χ2n) is 9.44. The zero-order valence-corrected chi connectivity index (χ0v) is 21.1. The average Bonchev–Trinajstić information content (AvgIpc) is 3.41. The van der Waals surface area contributed by atoms with Gasteiger partial charge in [0.1, 0.15) is 6.33 Å². The molecule has 3 aromatic heterocycles. The summed E-state index contributed by atoms with van der Waals surface area (Å²) in [7, 11) is 0. The minimum atomic E-state index is 0.261. The van der Waals surface area contributed by atoms with Crippen molar-refractivity contribution in [3.05, 3.63) is 72.6 Å². The highest BCUT2D eigenvalue weighted by Gasteiger charge is 2.21. The number of aromatic nitrogens is 7. The molecule has 2 N–H and O–H groups in total. The van der Waals surface area contributed by atoms with E-state index in [0.29, 0.717) is 18.5 Å². The molecule has 0 saturated carbocycles. The Kier molecular flexibility index (Phi) is 7.31. The van der Waals surface area contributed by atoms with Crippen LogP contribution in [0.2, 0.25) is 0 Å². The van der Waals surface area contributed by atoms with Crippen molar-refractivity contribution in [1.29, 1.82) is 0 Å². The molecular weight excluding hydrogens is 482 g/mol. The molecule has 0 bridgehead atoms. The Bertz CT molecular complexity index is 1300. The predicted molar refractivity (Wildman–Crippen MR) is 144 cm³/mol. The van der Waals surface area contributed by atoms with Crippen molar-refractivity contribution in [2.45, 2.75) is 19.0 Å². The molecule has 0 radical (unpaired) electrons. The van der Waals surface area contributed by atoms with Gasteiger partial charge in [-0.1, -0.05) is 30.3 Å². The highest BCUT2D eigenvalue weighted by atomic mass is 16.5. The Morgan fingerprint density at radius 2 is 1.68 bits per heavy atom. The first-order chi connectivity index (χ1) is 18.8. The lowest BCUT2D eigenvalue weighted by molar-refractivity contribution is 0.0702. The SMILES string of the molecule is c1ccc(Cc2cnc(N3CCN(c4ncnc(Nc5cnn(C[C@@H]6COCCN6)c5)n4)CC3)nc2)cc1. The van der Waals surface area contributed by atoms with Gasteiger partial charge in [-0.15, -0.1) is 0 Å². The van der Waals surface area contributed by atoms with Gasteiger partial charge in [-0.2, -0.15) is 10.1 Å². The first-order valence-corrected chi connectivity index (χ1v) is 12.9. The summed E-state index contributed by atoms with van der Waals surface area (Å²) < 4.78 is 7.42. The number of anilines is 4. The molecule has 0 aliphatic carbocycles. The van der Waals surface area contributed by atoms with Crippen molar-refractivity contribution >= 4 is 23.5 Å². The van der Waals surface area contributed by atoms with E-state index in [2.05, 4.69) is 74.7 Å². The van der Waals surface area contributed by atoms with E-state index in [9.17, 15) is 0 Å². The Labute approximate surface area is 221 Å². The fraction of sp³-hybridized carbons (Fsp3) is 0.385. The molecule has 2 aliphatic rings. The largest absolute Gasteiger partial charge is 0.378 e. The van der Waals surface area contributed by atoms with E-state index in [4.69, 9.17) is 4.74 Å². The molecule has 1 aromatic carbocycles. The van der Waals surface area contributed by atoms with Crippen LogP contribution in [0, 0.1) is 0 Å². The summed E-state index contributed by atoms with van der Waals surface area (Å²) in [6.45, 7) is 6.19. The molecule has 0 unspecified atom stereocenters. The van der Waals surface area contributed by atoms with Gasteiger partial charge in [0.2, 0.25) is 17.8 Å². The summed E-state index contributed by atoms with van der Waals surface area (Å²) in [6, 6.07) is 10.6. The third kappa shape index (κ3) is 6.03. The van der Waals surface area contributed by atoms with Crippen LogP contribution in [0.1, 0.15) is 11.1 Å². The number of hydrogen-bond acceptors (Lipinski definition) is 11. The van der Waals surface area contributed by atoms with Crippen molar-refractivity contribution < 1.29 is 4.74 Å². The number of morpholine rings is 1. The molecule has 0 amide bonds. The lowest BCUT2D eigenvalue weighted by Crippen LogP contribution is -2.47. The van der Waals surface area contributed by atoms with Crippen LogP contribution in [0.15, 0.2) is 61.4 Å². The lowest BCUT2D eigenvalue weighted by atomic mass is 10.1. The van der Waals surface area contributed by atoms with Crippen LogP contribution in [0.25, 0.3) is 0 Å². The molecule has 0 spiro atoms. The van der Waals surface area contributed by atoms with E-state index < -0.39 is 0 Å². The third-order valence-corrected chi connectivity index (χ3v) is 6.64. The third-order valence-electron chi connectivity index (χ3n) is 6.64.